The van der Waals surface area contributed by atoms with Crippen molar-refractivity contribution in [3.8, 4) is 11.5 Å². The van der Waals surface area contributed by atoms with Crippen LogP contribution in [0.5, 0.6) is 11.5 Å². The molecule has 1 amide bonds. The minimum atomic E-state index is -1.37. The van der Waals surface area contributed by atoms with E-state index in [1.54, 1.807) is 14.2 Å². The van der Waals surface area contributed by atoms with Gasteiger partial charge in [-0.05, 0) is 24.1 Å². The van der Waals surface area contributed by atoms with E-state index in [0.29, 0.717) is 17.2 Å². The smallest absolute Gasteiger partial charge is 0.335 e. The van der Waals surface area contributed by atoms with Crippen LogP contribution in [0.2, 0.25) is 0 Å². The van der Waals surface area contributed by atoms with Crippen LogP contribution >= 0.6 is 0 Å². The number of aliphatic carboxylic acids is 1. The molecule has 3 heterocycles. The molecule has 30 heavy (non-hydrogen) atoms. The lowest BCUT2D eigenvalue weighted by Gasteiger charge is -2.42. The third kappa shape index (κ3) is 2.26. The molecule has 154 valence electrons. The van der Waals surface area contributed by atoms with Gasteiger partial charge >= 0.3 is 5.97 Å². The van der Waals surface area contributed by atoms with Crippen molar-refractivity contribution in [2.75, 3.05) is 20.8 Å². The zero-order chi connectivity index (χ0) is 21.0. The highest BCUT2D eigenvalue weighted by molar-refractivity contribution is 5.96. The number of fused-ring (bicyclic) bond motifs is 5. The van der Waals surface area contributed by atoms with Gasteiger partial charge in [0.15, 0.2) is 17.0 Å². The van der Waals surface area contributed by atoms with Crippen molar-refractivity contribution in [1.82, 2.24) is 9.88 Å². The highest BCUT2D eigenvalue weighted by Gasteiger charge is 2.58. The Hall–Kier alpha value is -3.48. The molecule has 2 aliphatic rings. The van der Waals surface area contributed by atoms with E-state index >= 15 is 0 Å². The van der Waals surface area contributed by atoms with Gasteiger partial charge in [0.05, 0.1) is 19.9 Å². The number of ether oxygens (including phenoxy) is 2. The fraction of sp³-hybridized carbons (Fsp3) is 0.304. The number of carboxylic acids is 1. The molecule has 5 rings (SSSR count). The monoisotopic (exact) mass is 406 g/mol. The van der Waals surface area contributed by atoms with Crippen molar-refractivity contribution >= 4 is 22.8 Å². The largest absolute Gasteiger partial charge is 0.493 e. The molecule has 2 aliphatic heterocycles. The Morgan fingerprint density at radius 3 is 2.70 bits per heavy atom. The first-order valence-electron chi connectivity index (χ1n) is 9.88. The lowest BCUT2D eigenvalue weighted by atomic mass is 9.77. The van der Waals surface area contributed by atoms with Crippen LogP contribution in [-0.2, 0) is 15.1 Å². The summed E-state index contributed by atoms with van der Waals surface area (Å²) in [5.41, 5.74) is 1.85. The summed E-state index contributed by atoms with van der Waals surface area (Å²) in [6.07, 6.45) is 0.464. The molecule has 1 fully saturated rings. The average molecular weight is 406 g/mol. The molecule has 3 aromatic rings. The number of carbonyl (C=O) groups is 2. The van der Waals surface area contributed by atoms with Crippen LogP contribution in [-0.4, -0.2) is 47.6 Å². The average Bonchev–Trinajstić information content (AvgIpc) is 3.31. The van der Waals surface area contributed by atoms with E-state index in [9.17, 15) is 14.7 Å². The first-order chi connectivity index (χ1) is 14.5. The van der Waals surface area contributed by atoms with Crippen molar-refractivity contribution in [2.24, 2.45) is 0 Å². The quantitative estimate of drug-likeness (QED) is 0.694. The number of para-hydroxylation sites is 2. The summed E-state index contributed by atoms with van der Waals surface area (Å²) in [6, 6.07) is 13.4. The van der Waals surface area contributed by atoms with E-state index in [0.717, 1.165) is 22.0 Å². The molecule has 0 bridgehead atoms. The predicted molar refractivity (Wildman–Crippen MR) is 110 cm³/mol. The summed E-state index contributed by atoms with van der Waals surface area (Å²) in [6.45, 7) is 0.267. The molecule has 0 radical (unpaired) electrons. The Morgan fingerprint density at radius 1 is 1.17 bits per heavy atom. The molecule has 2 aromatic carbocycles. The lowest BCUT2D eigenvalue weighted by molar-refractivity contribution is -0.156. The zero-order valence-corrected chi connectivity index (χ0v) is 16.8. The number of nitrogens with one attached hydrogen (secondary N) is 1. The first kappa shape index (κ1) is 18.5. The van der Waals surface area contributed by atoms with Crippen molar-refractivity contribution in [3.05, 3.63) is 59.3 Å². The number of carboxylic acid groups (broad SMARTS) is 1. The summed E-state index contributed by atoms with van der Waals surface area (Å²) in [7, 11) is 3.17. The first-order valence-corrected chi connectivity index (χ1v) is 9.88. The second-order valence-corrected chi connectivity index (χ2v) is 7.76. The van der Waals surface area contributed by atoms with Gasteiger partial charge in [-0.15, -0.1) is 0 Å². The second kappa shape index (κ2) is 6.52. The van der Waals surface area contributed by atoms with Crippen LogP contribution in [0.1, 0.15) is 35.6 Å². The van der Waals surface area contributed by atoms with Crippen molar-refractivity contribution in [1.29, 1.82) is 0 Å². The number of H-pyrrole nitrogens is 1. The molecule has 0 spiro atoms. The Morgan fingerprint density at radius 2 is 1.97 bits per heavy atom. The maximum absolute atomic E-state index is 12.8. The predicted octanol–water partition coefficient (Wildman–Crippen LogP) is 3.23. The maximum Gasteiger partial charge on any atom is 0.335 e. The van der Waals surface area contributed by atoms with Gasteiger partial charge in [0.2, 0.25) is 5.91 Å². The Kier molecular flexibility index (Phi) is 4.03. The van der Waals surface area contributed by atoms with E-state index in [2.05, 4.69) is 4.98 Å². The lowest BCUT2D eigenvalue weighted by Crippen LogP contribution is -2.54. The van der Waals surface area contributed by atoms with Gasteiger partial charge in [0.1, 0.15) is 0 Å². The molecule has 0 saturated carbocycles. The van der Waals surface area contributed by atoms with Crippen LogP contribution < -0.4 is 9.47 Å². The third-order valence-corrected chi connectivity index (χ3v) is 6.50. The Balaban J connectivity index is 1.84. The summed E-state index contributed by atoms with van der Waals surface area (Å²) >= 11 is 0. The van der Waals surface area contributed by atoms with Crippen molar-refractivity contribution in [2.45, 2.75) is 24.3 Å². The second-order valence-electron chi connectivity index (χ2n) is 7.76. The van der Waals surface area contributed by atoms with Crippen LogP contribution in [0.3, 0.4) is 0 Å². The zero-order valence-electron chi connectivity index (χ0n) is 16.8. The van der Waals surface area contributed by atoms with Gasteiger partial charge in [-0.2, -0.15) is 0 Å². The molecule has 0 aliphatic carbocycles. The summed E-state index contributed by atoms with van der Waals surface area (Å²) in [5, 5.41) is 11.2. The fourth-order valence-electron chi connectivity index (χ4n) is 5.18. The Bertz CT molecular complexity index is 1180. The van der Waals surface area contributed by atoms with Crippen LogP contribution in [0, 0.1) is 0 Å². The highest BCUT2D eigenvalue weighted by atomic mass is 16.5. The van der Waals surface area contributed by atoms with Gasteiger partial charge in [-0.1, -0.05) is 30.3 Å². The fourth-order valence-corrected chi connectivity index (χ4v) is 5.18. The van der Waals surface area contributed by atoms with E-state index < -0.39 is 11.5 Å². The molecule has 2 atom stereocenters. The van der Waals surface area contributed by atoms with E-state index in [-0.39, 0.29) is 31.2 Å². The van der Waals surface area contributed by atoms with Gasteiger partial charge in [-0.3, -0.25) is 4.79 Å². The number of hydrogen-bond acceptors (Lipinski definition) is 4. The molecular formula is C23H22N2O5. The molecular weight excluding hydrogens is 384 g/mol. The molecule has 7 heteroatoms. The van der Waals surface area contributed by atoms with Crippen LogP contribution in [0.4, 0.5) is 0 Å². The van der Waals surface area contributed by atoms with E-state index in [1.165, 1.54) is 4.90 Å². The number of nitrogens with zero attached hydrogens (tertiary/aromatic N) is 1. The normalized spacial score (nSPS) is 22.7. The SMILES string of the molecule is COc1cccc(C2CN3C(=O)CCC3(C(=O)O)c3[nH]c4ccccc4c32)c1OC. The number of methoxy groups -OCH3 is 2. The number of amides is 1. The summed E-state index contributed by atoms with van der Waals surface area (Å²) < 4.78 is 11.2. The topological polar surface area (TPSA) is 91.9 Å². The Labute approximate surface area is 173 Å². The maximum atomic E-state index is 12.8. The minimum Gasteiger partial charge on any atom is -0.493 e. The third-order valence-electron chi connectivity index (χ3n) is 6.50. The summed E-state index contributed by atoms with van der Waals surface area (Å²) in [5.74, 6) is -0.212. The number of aromatic amines is 1. The minimum absolute atomic E-state index is 0.145. The van der Waals surface area contributed by atoms with Crippen LogP contribution in [0.25, 0.3) is 10.9 Å². The van der Waals surface area contributed by atoms with Gasteiger partial charge < -0.3 is 24.5 Å². The standard InChI is InChI=1S/C23H22N2O5/c1-29-17-9-5-7-13(20(17)30-2)15-12-25-18(26)10-11-23(25,22(27)28)21-19(15)14-6-3-4-8-16(14)24-21/h3-9,15,24H,10-12H2,1-2H3,(H,27,28). The molecule has 2 unspecified atom stereocenters. The summed E-state index contributed by atoms with van der Waals surface area (Å²) in [4.78, 5) is 30.2. The number of benzene rings is 2. The van der Waals surface area contributed by atoms with Crippen molar-refractivity contribution < 1.29 is 24.2 Å². The number of aromatic nitrogens is 1. The number of rotatable bonds is 4. The van der Waals surface area contributed by atoms with E-state index in [4.69, 9.17) is 9.47 Å². The van der Waals surface area contributed by atoms with Gasteiger partial charge in [-0.25, -0.2) is 4.79 Å². The highest BCUT2D eigenvalue weighted by Crippen LogP contribution is 2.52. The number of carbonyl (C=O) groups excluding carboxylic acids is 1. The molecule has 7 nitrogen and oxygen atoms in total. The van der Waals surface area contributed by atoms with Crippen LogP contribution in [0.15, 0.2) is 42.5 Å². The van der Waals surface area contributed by atoms with Crippen molar-refractivity contribution in [3.63, 3.8) is 0 Å². The number of hydrogen-bond donors (Lipinski definition) is 2. The molecule has 2 N–H and O–H groups in total. The van der Waals surface area contributed by atoms with E-state index in [1.807, 2.05) is 42.5 Å². The molecule has 1 aromatic heterocycles. The van der Waals surface area contributed by atoms with Gasteiger partial charge in [0.25, 0.3) is 0 Å². The molecule has 1 saturated heterocycles. The van der Waals surface area contributed by atoms with Gasteiger partial charge in [0, 0.05) is 35.3 Å².